The standard InChI is InChI=1S/C41H50N6O6/c1-26(27-13-15-30(16-14-27)46-20-7-8-21-46)43-39(51)32-23-31(48)25-47(32)40(52)38(41(2,3)4)45-36(50)18-17-35(49)44-37(29-11-9-19-42-24-29)34-22-28-10-5-6-12-33(28)53-34/h5-6,9-16,19,22,24,26,31-32,37-38,48H,7-8,17-18,20-21,23,25H2,1-4H3,(H,43,51)(H,44,49)(H,45,50)/t26-,31-,32+,37?,38-/m1/s1. The lowest BCUT2D eigenvalue weighted by molar-refractivity contribution is -0.144. The first-order valence-electron chi connectivity index (χ1n) is 18.5. The van der Waals surface area contributed by atoms with E-state index in [0.29, 0.717) is 11.3 Å². The summed E-state index contributed by atoms with van der Waals surface area (Å²) in [5, 5.41) is 20.4. The molecular weight excluding hydrogens is 672 g/mol. The number of para-hydroxylation sites is 1. The normalized spacial score (nSPS) is 19.1. The highest BCUT2D eigenvalue weighted by molar-refractivity contribution is 5.94. The molecule has 2 aromatic heterocycles. The lowest BCUT2D eigenvalue weighted by Gasteiger charge is -2.35. The Bertz CT molecular complexity index is 1870. The van der Waals surface area contributed by atoms with Crippen LogP contribution >= 0.6 is 0 Å². The second-order valence-electron chi connectivity index (χ2n) is 15.3. The first kappa shape index (κ1) is 37.5. The summed E-state index contributed by atoms with van der Waals surface area (Å²) in [4.78, 5) is 62.2. The number of hydrogen-bond donors (Lipinski definition) is 4. The van der Waals surface area contributed by atoms with Crippen molar-refractivity contribution < 1.29 is 28.7 Å². The van der Waals surface area contributed by atoms with Gasteiger partial charge in [-0.15, -0.1) is 0 Å². The molecule has 0 aliphatic carbocycles. The van der Waals surface area contributed by atoms with Crippen molar-refractivity contribution in [3.63, 3.8) is 0 Å². The zero-order valence-corrected chi connectivity index (χ0v) is 30.9. The number of nitrogens with one attached hydrogen (secondary N) is 3. The van der Waals surface area contributed by atoms with Crippen LogP contribution in [0.5, 0.6) is 0 Å². The number of β-amino-alcohol motifs (C(OH)–C–C–N with tert-alkyl or cyclic N) is 1. The van der Waals surface area contributed by atoms with Crippen LogP contribution < -0.4 is 20.9 Å². The van der Waals surface area contributed by atoms with Gasteiger partial charge in [-0.25, -0.2) is 0 Å². The minimum atomic E-state index is -1.01. The third-order valence-electron chi connectivity index (χ3n) is 10.1. The maximum Gasteiger partial charge on any atom is 0.246 e. The van der Waals surface area contributed by atoms with E-state index in [1.54, 1.807) is 18.5 Å². The van der Waals surface area contributed by atoms with Gasteiger partial charge in [0.15, 0.2) is 0 Å². The van der Waals surface area contributed by atoms with E-state index in [1.165, 1.54) is 17.7 Å². The molecule has 4 amide bonds. The van der Waals surface area contributed by atoms with Crippen molar-refractivity contribution in [1.29, 1.82) is 0 Å². The largest absolute Gasteiger partial charge is 0.459 e. The number of nitrogens with zero attached hydrogens (tertiary/aromatic N) is 3. The fourth-order valence-corrected chi connectivity index (χ4v) is 7.17. The van der Waals surface area contributed by atoms with Gasteiger partial charge in [-0.1, -0.05) is 57.2 Å². The number of pyridine rings is 1. The average molecular weight is 723 g/mol. The van der Waals surface area contributed by atoms with E-state index in [4.69, 9.17) is 4.42 Å². The molecule has 4 aromatic rings. The van der Waals surface area contributed by atoms with Gasteiger partial charge in [0.25, 0.3) is 0 Å². The van der Waals surface area contributed by atoms with E-state index in [9.17, 15) is 24.3 Å². The molecule has 4 heterocycles. The van der Waals surface area contributed by atoms with Crippen molar-refractivity contribution in [3.05, 3.63) is 96.0 Å². The van der Waals surface area contributed by atoms with Crippen LogP contribution in [0.4, 0.5) is 5.69 Å². The molecule has 0 radical (unpaired) electrons. The molecule has 0 spiro atoms. The second kappa shape index (κ2) is 16.2. The number of carbonyl (C=O) groups excluding carboxylic acids is 4. The topological polar surface area (TPSA) is 157 Å². The predicted molar refractivity (Wildman–Crippen MR) is 202 cm³/mol. The molecule has 0 bridgehead atoms. The van der Waals surface area contributed by atoms with Crippen LogP contribution in [-0.2, 0) is 19.2 Å². The molecule has 12 nitrogen and oxygen atoms in total. The van der Waals surface area contributed by atoms with Crippen LogP contribution in [-0.4, -0.2) is 76.4 Å². The minimum absolute atomic E-state index is 0.0296. The fraction of sp³-hybridized carbons (Fsp3) is 0.439. The van der Waals surface area contributed by atoms with Gasteiger partial charge in [-0.05, 0) is 61.1 Å². The second-order valence-corrected chi connectivity index (χ2v) is 15.3. The maximum atomic E-state index is 14.1. The molecule has 53 heavy (non-hydrogen) atoms. The van der Waals surface area contributed by atoms with E-state index in [0.717, 1.165) is 35.3 Å². The molecule has 6 rings (SSSR count). The molecule has 0 saturated carbocycles. The summed E-state index contributed by atoms with van der Waals surface area (Å²) >= 11 is 0. The summed E-state index contributed by atoms with van der Waals surface area (Å²) < 4.78 is 6.06. The molecule has 280 valence electrons. The van der Waals surface area contributed by atoms with Gasteiger partial charge < -0.3 is 35.3 Å². The lowest BCUT2D eigenvalue weighted by Crippen LogP contribution is -2.57. The Kier molecular flexibility index (Phi) is 11.5. The first-order chi connectivity index (χ1) is 25.4. The Morgan fingerprint density at radius 2 is 1.60 bits per heavy atom. The summed E-state index contributed by atoms with van der Waals surface area (Å²) in [6.45, 7) is 9.42. The summed E-state index contributed by atoms with van der Waals surface area (Å²) in [7, 11) is 0. The minimum Gasteiger partial charge on any atom is -0.459 e. The monoisotopic (exact) mass is 722 g/mol. The summed E-state index contributed by atoms with van der Waals surface area (Å²) in [5.74, 6) is -1.16. The van der Waals surface area contributed by atoms with Crippen molar-refractivity contribution in [2.45, 2.75) is 90.1 Å². The molecule has 2 fully saturated rings. The molecular formula is C41H50N6O6. The van der Waals surface area contributed by atoms with E-state index in [1.807, 2.05) is 76.2 Å². The summed E-state index contributed by atoms with van der Waals surface area (Å²) in [6.07, 6.45) is 4.56. The molecule has 2 aliphatic rings. The molecule has 5 atom stereocenters. The van der Waals surface area contributed by atoms with Crippen LogP contribution in [0.3, 0.4) is 0 Å². The van der Waals surface area contributed by atoms with Crippen molar-refractivity contribution in [2.75, 3.05) is 24.5 Å². The number of aliphatic hydroxyl groups is 1. The van der Waals surface area contributed by atoms with Gasteiger partial charge in [0.05, 0.1) is 12.1 Å². The Morgan fingerprint density at radius 3 is 2.26 bits per heavy atom. The van der Waals surface area contributed by atoms with Crippen LogP contribution in [0.2, 0.25) is 0 Å². The van der Waals surface area contributed by atoms with Crippen molar-refractivity contribution in [1.82, 2.24) is 25.8 Å². The number of rotatable bonds is 12. The third-order valence-corrected chi connectivity index (χ3v) is 10.1. The van der Waals surface area contributed by atoms with Gasteiger partial charge in [-0.2, -0.15) is 0 Å². The molecule has 1 unspecified atom stereocenters. The first-order valence-corrected chi connectivity index (χ1v) is 18.5. The Hall–Kier alpha value is -5.23. The molecule has 2 aliphatic heterocycles. The zero-order valence-electron chi connectivity index (χ0n) is 30.9. The average Bonchev–Trinajstić information content (AvgIpc) is 3.92. The van der Waals surface area contributed by atoms with E-state index < -0.39 is 41.5 Å². The quantitative estimate of drug-likeness (QED) is 0.163. The van der Waals surface area contributed by atoms with Crippen LogP contribution in [0, 0.1) is 5.41 Å². The van der Waals surface area contributed by atoms with Gasteiger partial charge in [0.2, 0.25) is 23.6 Å². The van der Waals surface area contributed by atoms with Gasteiger partial charge >= 0.3 is 0 Å². The van der Waals surface area contributed by atoms with Crippen molar-refractivity contribution in [2.24, 2.45) is 5.41 Å². The van der Waals surface area contributed by atoms with Crippen LogP contribution in [0.25, 0.3) is 11.0 Å². The Balaban J connectivity index is 1.07. The summed E-state index contributed by atoms with van der Waals surface area (Å²) in [5.41, 5.74) is 2.77. The van der Waals surface area contributed by atoms with Crippen LogP contribution in [0.1, 0.15) is 88.8 Å². The van der Waals surface area contributed by atoms with Crippen molar-refractivity contribution >= 4 is 40.3 Å². The fourth-order valence-electron chi connectivity index (χ4n) is 7.17. The molecule has 2 aromatic carbocycles. The number of aliphatic hydroxyl groups excluding tert-OH is 1. The summed E-state index contributed by atoms with van der Waals surface area (Å²) in [6, 6.07) is 18.3. The molecule has 4 N–H and O–H groups in total. The predicted octanol–water partition coefficient (Wildman–Crippen LogP) is 4.78. The van der Waals surface area contributed by atoms with Crippen LogP contribution in [0.15, 0.2) is 83.5 Å². The van der Waals surface area contributed by atoms with E-state index >= 15 is 0 Å². The third kappa shape index (κ3) is 9.05. The maximum absolute atomic E-state index is 14.1. The van der Waals surface area contributed by atoms with Gasteiger partial charge in [0, 0.05) is 67.9 Å². The van der Waals surface area contributed by atoms with Gasteiger partial charge in [-0.3, -0.25) is 24.2 Å². The number of fused-ring (bicyclic) bond motifs is 1. The van der Waals surface area contributed by atoms with E-state index in [-0.39, 0.29) is 43.7 Å². The zero-order chi connectivity index (χ0) is 37.7. The number of anilines is 1. The number of amides is 4. The Morgan fingerprint density at radius 1 is 0.906 bits per heavy atom. The lowest BCUT2D eigenvalue weighted by atomic mass is 9.85. The number of benzene rings is 2. The highest BCUT2D eigenvalue weighted by Crippen LogP contribution is 2.30. The SMILES string of the molecule is C[C@@H](NC(=O)[C@@H]1C[C@@H](O)CN1C(=O)[C@@H](NC(=O)CCC(=O)NC(c1cccnc1)c1cc2ccccc2o1)C(C)(C)C)c1ccc(N2CCCC2)cc1. The highest BCUT2D eigenvalue weighted by Gasteiger charge is 2.44. The van der Waals surface area contributed by atoms with Crippen molar-refractivity contribution in [3.8, 4) is 0 Å². The van der Waals surface area contributed by atoms with Gasteiger partial charge in [0.1, 0.15) is 29.5 Å². The number of carbonyl (C=O) groups is 4. The Labute approximate surface area is 310 Å². The highest BCUT2D eigenvalue weighted by atomic mass is 16.3. The number of likely N-dealkylation sites (tertiary alicyclic amines) is 1. The number of furan rings is 1. The smallest absolute Gasteiger partial charge is 0.246 e. The van der Waals surface area contributed by atoms with E-state index in [2.05, 4.69) is 38.0 Å². The number of aromatic nitrogens is 1. The molecule has 2 saturated heterocycles. The number of hydrogen-bond acceptors (Lipinski definition) is 8. The molecule has 12 heteroatoms.